The van der Waals surface area contributed by atoms with E-state index in [1.165, 1.54) is 6.33 Å². The van der Waals surface area contributed by atoms with Gasteiger partial charge in [0.25, 0.3) is 0 Å². The molecule has 0 aliphatic carbocycles. The summed E-state index contributed by atoms with van der Waals surface area (Å²) in [6, 6.07) is 4.16. The minimum Gasteiger partial charge on any atom is -0.481 e. The Labute approximate surface area is 158 Å². The molecule has 0 atom stereocenters. The smallest absolute Gasteiger partial charge is 0.303 e. The number of carbonyl (C=O) groups is 1. The van der Waals surface area contributed by atoms with Crippen LogP contribution in [-0.2, 0) is 29.0 Å². The molecule has 0 aliphatic heterocycles. The van der Waals surface area contributed by atoms with Gasteiger partial charge in [0.05, 0.1) is 17.8 Å². The Morgan fingerprint density at radius 1 is 1.22 bits per heavy atom. The molecule has 0 amide bonds. The number of rotatable bonds is 9. The molecule has 0 saturated carbocycles. The largest absolute Gasteiger partial charge is 0.481 e. The van der Waals surface area contributed by atoms with Crippen LogP contribution >= 0.6 is 0 Å². The maximum absolute atomic E-state index is 10.8. The molecule has 1 N–H and O–H groups in total. The number of aryl methyl sites for hydroxylation is 1. The first kappa shape index (κ1) is 19.0. The third-order valence-corrected chi connectivity index (χ3v) is 4.62. The molecule has 0 fully saturated rings. The number of hydrogen-bond acceptors (Lipinski definition) is 5. The summed E-state index contributed by atoms with van der Waals surface area (Å²) in [6.07, 6.45) is 8.28. The predicted octanol–water partition coefficient (Wildman–Crippen LogP) is 3.30. The van der Waals surface area contributed by atoms with Crippen molar-refractivity contribution < 1.29 is 14.6 Å². The molecule has 142 valence electrons. The van der Waals surface area contributed by atoms with E-state index in [0.29, 0.717) is 13.0 Å². The van der Waals surface area contributed by atoms with E-state index >= 15 is 0 Å². The van der Waals surface area contributed by atoms with Crippen LogP contribution in [0.1, 0.15) is 43.1 Å². The summed E-state index contributed by atoms with van der Waals surface area (Å²) in [7, 11) is 1.65. The molecule has 0 spiro atoms. The molecule has 0 radical (unpaired) electrons. The van der Waals surface area contributed by atoms with E-state index in [0.717, 1.165) is 52.9 Å². The summed E-state index contributed by atoms with van der Waals surface area (Å²) in [5.74, 6) is -0.767. The van der Waals surface area contributed by atoms with E-state index in [-0.39, 0.29) is 6.42 Å². The van der Waals surface area contributed by atoms with Gasteiger partial charge in [-0.15, -0.1) is 0 Å². The summed E-state index contributed by atoms with van der Waals surface area (Å²) >= 11 is 0. The third-order valence-electron chi connectivity index (χ3n) is 4.62. The lowest BCUT2D eigenvalue weighted by atomic mass is 9.96. The Kier molecular flexibility index (Phi) is 6.13. The van der Waals surface area contributed by atoms with Crippen LogP contribution in [0, 0.1) is 0 Å². The first-order valence-corrected chi connectivity index (χ1v) is 9.14. The van der Waals surface area contributed by atoms with Crippen molar-refractivity contribution in [1.82, 2.24) is 19.6 Å². The highest BCUT2D eigenvalue weighted by molar-refractivity contribution is 5.83. The van der Waals surface area contributed by atoms with Crippen molar-refractivity contribution in [2.75, 3.05) is 7.11 Å². The van der Waals surface area contributed by atoms with Gasteiger partial charge in [0, 0.05) is 42.7 Å². The van der Waals surface area contributed by atoms with E-state index in [1.54, 1.807) is 19.5 Å². The Morgan fingerprint density at radius 3 is 2.67 bits per heavy atom. The molecule has 27 heavy (non-hydrogen) atoms. The lowest BCUT2D eigenvalue weighted by Gasteiger charge is -2.17. The van der Waals surface area contributed by atoms with Crippen LogP contribution in [0.25, 0.3) is 16.6 Å². The Balaban J connectivity index is 2.13. The molecule has 0 bridgehead atoms. The summed E-state index contributed by atoms with van der Waals surface area (Å²) in [4.78, 5) is 19.2. The van der Waals surface area contributed by atoms with Gasteiger partial charge in [0.1, 0.15) is 6.33 Å². The fourth-order valence-electron chi connectivity index (χ4n) is 3.38. The van der Waals surface area contributed by atoms with E-state index in [4.69, 9.17) is 14.9 Å². The van der Waals surface area contributed by atoms with Crippen molar-refractivity contribution in [3.63, 3.8) is 0 Å². The fraction of sp³-hybridized carbons (Fsp3) is 0.400. The van der Waals surface area contributed by atoms with Gasteiger partial charge in [0.2, 0.25) is 0 Å². The molecule has 7 heteroatoms. The number of aromatic nitrogens is 4. The lowest BCUT2D eigenvalue weighted by Crippen LogP contribution is -2.10. The number of ether oxygens (including phenoxy) is 1. The second-order valence-electron chi connectivity index (χ2n) is 6.44. The van der Waals surface area contributed by atoms with Crippen LogP contribution in [0.4, 0.5) is 0 Å². The summed E-state index contributed by atoms with van der Waals surface area (Å²) in [5, 5.41) is 13.7. The van der Waals surface area contributed by atoms with Gasteiger partial charge in [-0.25, -0.2) is 14.5 Å². The summed E-state index contributed by atoms with van der Waals surface area (Å²) in [6.45, 7) is 2.50. The number of carboxylic acids is 1. The van der Waals surface area contributed by atoms with Crippen molar-refractivity contribution in [1.29, 1.82) is 0 Å². The SMILES string of the molecule is CCc1ccc2c(-c3cncnc3)c(CCCCC(=O)O)c(COC)nn12. The number of unbranched alkanes of at least 4 members (excludes halogenated alkanes) is 1. The van der Waals surface area contributed by atoms with Gasteiger partial charge >= 0.3 is 5.97 Å². The molecular weight excluding hydrogens is 344 g/mol. The number of fused-ring (bicyclic) bond motifs is 1. The zero-order chi connectivity index (χ0) is 19.2. The molecule has 3 heterocycles. The van der Waals surface area contributed by atoms with Gasteiger partial charge in [-0.3, -0.25) is 4.79 Å². The molecule has 0 aromatic carbocycles. The number of carboxylic acid groups (broad SMARTS) is 1. The van der Waals surface area contributed by atoms with E-state index in [1.807, 2.05) is 4.52 Å². The van der Waals surface area contributed by atoms with Gasteiger partial charge in [0.15, 0.2) is 0 Å². The standard InChI is InChI=1S/C20H24N4O3/c1-3-15-8-9-18-20(14-10-21-13-22-11-14)16(6-4-5-7-19(25)26)17(12-27-2)23-24(15)18/h8-11,13H,3-7,12H2,1-2H3,(H,25,26). The minimum atomic E-state index is -0.767. The van der Waals surface area contributed by atoms with Crippen LogP contribution in [0.5, 0.6) is 0 Å². The quantitative estimate of drug-likeness (QED) is 0.583. The van der Waals surface area contributed by atoms with Crippen LogP contribution in [-0.4, -0.2) is 37.8 Å². The average molecular weight is 368 g/mol. The Bertz CT molecular complexity index is 922. The minimum absolute atomic E-state index is 0.171. The topological polar surface area (TPSA) is 89.6 Å². The zero-order valence-corrected chi connectivity index (χ0v) is 15.7. The maximum Gasteiger partial charge on any atom is 0.303 e. The highest BCUT2D eigenvalue weighted by Gasteiger charge is 2.19. The Morgan fingerprint density at radius 2 is 2.00 bits per heavy atom. The van der Waals surface area contributed by atoms with Gasteiger partial charge in [-0.2, -0.15) is 5.10 Å². The number of nitrogens with zero attached hydrogens (tertiary/aromatic N) is 4. The summed E-state index contributed by atoms with van der Waals surface area (Å²) < 4.78 is 7.37. The van der Waals surface area contributed by atoms with E-state index < -0.39 is 5.97 Å². The number of hydrogen-bond donors (Lipinski definition) is 1. The molecular formula is C20H24N4O3. The fourth-order valence-corrected chi connectivity index (χ4v) is 3.38. The molecule has 7 nitrogen and oxygen atoms in total. The molecule has 0 unspecified atom stereocenters. The molecule has 3 aromatic rings. The van der Waals surface area contributed by atoms with Crippen LogP contribution in [0.2, 0.25) is 0 Å². The zero-order valence-electron chi connectivity index (χ0n) is 15.7. The second kappa shape index (κ2) is 8.73. The molecule has 3 aromatic heterocycles. The van der Waals surface area contributed by atoms with Crippen molar-refractivity contribution >= 4 is 11.5 Å². The average Bonchev–Trinajstić information content (AvgIpc) is 3.08. The van der Waals surface area contributed by atoms with Crippen molar-refractivity contribution in [2.45, 2.75) is 45.6 Å². The third kappa shape index (κ3) is 4.14. The van der Waals surface area contributed by atoms with Crippen LogP contribution < -0.4 is 0 Å². The highest BCUT2D eigenvalue weighted by atomic mass is 16.5. The number of methoxy groups -OCH3 is 1. The van der Waals surface area contributed by atoms with Crippen LogP contribution in [0.15, 0.2) is 30.9 Å². The Hall–Kier alpha value is -2.80. The highest BCUT2D eigenvalue weighted by Crippen LogP contribution is 2.32. The van der Waals surface area contributed by atoms with Gasteiger partial charge in [-0.1, -0.05) is 6.92 Å². The maximum atomic E-state index is 10.8. The normalized spacial score (nSPS) is 11.2. The monoisotopic (exact) mass is 368 g/mol. The van der Waals surface area contributed by atoms with E-state index in [2.05, 4.69) is 29.0 Å². The van der Waals surface area contributed by atoms with Gasteiger partial charge < -0.3 is 9.84 Å². The van der Waals surface area contributed by atoms with Crippen molar-refractivity contribution in [3.05, 3.63) is 47.8 Å². The van der Waals surface area contributed by atoms with E-state index in [9.17, 15) is 4.79 Å². The first-order valence-electron chi connectivity index (χ1n) is 9.14. The van der Waals surface area contributed by atoms with Gasteiger partial charge in [-0.05, 0) is 43.4 Å². The molecule has 3 rings (SSSR count). The predicted molar refractivity (Wildman–Crippen MR) is 101 cm³/mol. The molecule has 0 saturated heterocycles. The summed E-state index contributed by atoms with van der Waals surface area (Å²) in [5.41, 5.74) is 6.05. The number of aliphatic carboxylic acids is 1. The van der Waals surface area contributed by atoms with Crippen molar-refractivity contribution in [2.24, 2.45) is 0 Å². The first-order chi connectivity index (χ1) is 13.2. The second-order valence-corrected chi connectivity index (χ2v) is 6.44. The van der Waals surface area contributed by atoms with Crippen LogP contribution in [0.3, 0.4) is 0 Å². The van der Waals surface area contributed by atoms with Crippen molar-refractivity contribution in [3.8, 4) is 11.1 Å². The molecule has 0 aliphatic rings. The lowest BCUT2D eigenvalue weighted by molar-refractivity contribution is -0.137.